The zero-order valence-electron chi connectivity index (χ0n) is 23.5. The molecule has 0 amide bonds. The van der Waals surface area contributed by atoms with Crippen LogP contribution in [-0.2, 0) is 9.53 Å². The van der Waals surface area contributed by atoms with Crippen molar-refractivity contribution in [3.8, 4) is 0 Å². The third kappa shape index (κ3) is 3.02. The lowest BCUT2D eigenvalue weighted by molar-refractivity contribution is -0.213. The molecule has 2 N–H and O–H groups in total. The number of esters is 1. The zero-order chi connectivity index (χ0) is 25.8. The largest absolute Gasteiger partial charge is 0.469 e. The van der Waals surface area contributed by atoms with Gasteiger partial charge in [0.05, 0.1) is 24.7 Å². The lowest BCUT2D eigenvalue weighted by Crippen LogP contribution is -2.66. The minimum atomic E-state index is -0.601. The summed E-state index contributed by atoms with van der Waals surface area (Å²) in [5.74, 6) is 0.789. The van der Waals surface area contributed by atoms with Gasteiger partial charge in [0.1, 0.15) is 0 Å². The number of rotatable bonds is 1. The first-order valence-electron chi connectivity index (χ1n) is 14.3. The number of fused-ring (bicyclic) bond motifs is 7. The van der Waals surface area contributed by atoms with Gasteiger partial charge in [-0.1, -0.05) is 60.1 Å². The fraction of sp³-hybridized carbons (Fsp3) is 0.903. The first-order valence-corrected chi connectivity index (χ1v) is 14.3. The molecule has 0 radical (unpaired) electrons. The van der Waals surface area contributed by atoms with Gasteiger partial charge >= 0.3 is 5.97 Å². The van der Waals surface area contributed by atoms with E-state index in [2.05, 4.69) is 54.5 Å². The fourth-order valence-electron chi connectivity index (χ4n) is 10.8. The molecule has 0 saturated heterocycles. The van der Waals surface area contributed by atoms with Crippen LogP contribution in [0.15, 0.2) is 11.6 Å². The van der Waals surface area contributed by atoms with Gasteiger partial charge in [0.2, 0.25) is 0 Å². The maximum atomic E-state index is 13.4. The van der Waals surface area contributed by atoms with Gasteiger partial charge in [-0.25, -0.2) is 0 Å². The summed E-state index contributed by atoms with van der Waals surface area (Å²) in [6.45, 7) is 16.4. The summed E-state index contributed by atoms with van der Waals surface area (Å²) in [7, 11) is 1.52. The molecule has 5 rings (SSSR count). The Kier molecular flexibility index (Phi) is 5.59. The molecule has 9 atom stereocenters. The Morgan fingerprint density at radius 2 is 1.54 bits per heavy atom. The number of ether oxygens (including phenoxy) is 1. The highest BCUT2D eigenvalue weighted by Crippen LogP contribution is 2.75. The highest BCUT2D eigenvalue weighted by atomic mass is 16.5. The maximum absolute atomic E-state index is 13.4. The van der Waals surface area contributed by atoms with Crippen LogP contribution in [0.3, 0.4) is 0 Å². The van der Waals surface area contributed by atoms with Crippen molar-refractivity contribution in [3.63, 3.8) is 0 Å². The summed E-state index contributed by atoms with van der Waals surface area (Å²) >= 11 is 0. The normalized spacial score (nSPS) is 52.2. The molecule has 0 aromatic heterocycles. The lowest BCUT2D eigenvalue weighted by Gasteiger charge is -2.71. The molecule has 35 heavy (non-hydrogen) atoms. The number of methoxy groups -OCH3 is 1. The van der Waals surface area contributed by atoms with Crippen LogP contribution < -0.4 is 0 Å². The molecule has 9 unspecified atom stereocenters. The van der Waals surface area contributed by atoms with Gasteiger partial charge in [0, 0.05) is 5.92 Å². The summed E-state index contributed by atoms with van der Waals surface area (Å²) in [5.41, 5.74) is 0.746. The summed E-state index contributed by atoms with van der Waals surface area (Å²) in [6, 6.07) is 0. The van der Waals surface area contributed by atoms with Crippen molar-refractivity contribution in [1.82, 2.24) is 0 Å². The Hall–Kier alpha value is -0.870. The van der Waals surface area contributed by atoms with E-state index in [-0.39, 0.29) is 45.1 Å². The molecule has 4 fully saturated rings. The van der Waals surface area contributed by atoms with Gasteiger partial charge in [-0.2, -0.15) is 0 Å². The summed E-state index contributed by atoms with van der Waals surface area (Å²) in [4.78, 5) is 13.4. The van der Waals surface area contributed by atoms with Crippen LogP contribution in [0.2, 0.25) is 0 Å². The van der Waals surface area contributed by atoms with Crippen LogP contribution in [0, 0.1) is 50.2 Å². The Morgan fingerprint density at radius 3 is 2.20 bits per heavy atom. The fourth-order valence-corrected chi connectivity index (χ4v) is 10.8. The Balaban J connectivity index is 1.63. The van der Waals surface area contributed by atoms with E-state index < -0.39 is 11.5 Å². The van der Waals surface area contributed by atoms with Crippen LogP contribution in [0.5, 0.6) is 0 Å². The Bertz CT molecular complexity index is 934. The summed E-state index contributed by atoms with van der Waals surface area (Å²) < 4.78 is 5.43. The predicted molar refractivity (Wildman–Crippen MR) is 138 cm³/mol. The maximum Gasteiger partial charge on any atom is 0.312 e. The molecule has 0 aromatic rings. The third-order valence-corrected chi connectivity index (χ3v) is 13.4. The van der Waals surface area contributed by atoms with Crippen molar-refractivity contribution in [1.29, 1.82) is 0 Å². The molecular formula is C31H50O4. The van der Waals surface area contributed by atoms with E-state index in [1.165, 1.54) is 12.7 Å². The van der Waals surface area contributed by atoms with Crippen molar-refractivity contribution < 1.29 is 19.7 Å². The average Bonchev–Trinajstić information content (AvgIpc) is 2.79. The van der Waals surface area contributed by atoms with Crippen molar-refractivity contribution in [2.75, 3.05) is 7.11 Å². The molecule has 198 valence electrons. The smallest absolute Gasteiger partial charge is 0.312 e. The van der Waals surface area contributed by atoms with E-state index in [0.717, 1.165) is 57.8 Å². The van der Waals surface area contributed by atoms with Crippen molar-refractivity contribution in [3.05, 3.63) is 11.6 Å². The summed E-state index contributed by atoms with van der Waals surface area (Å²) in [5, 5.41) is 22.8. The Morgan fingerprint density at radius 1 is 0.886 bits per heavy atom. The van der Waals surface area contributed by atoms with Crippen molar-refractivity contribution >= 4 is 5.97 Å². The van der Waals surface area contributed by atoms with E-state index in [4.69, 9.17) is 4.74 Å². The number of carbonyl (C=O) groups excluding carboxylic acids is 1. The van der Waals surface area contributed by atoms with Gasteiger partial charge in [-0.3, -0.25) is 4.79 Å². The van der Waals surface area contributed by atoms with Gasteiger partial charge in [0.15, 0.2) is 0 Å². The van der Waals surface area contributed by atoms with Crippen LogP contribution in [-0.4, -0.2) is 35.5 Å². The van der Waals surface area contributed by atoms with Crippen molar-refractivity contribution in [2.24, 2.45) is 50.2 Å². The molecule has 4 heteroatoms. The quantitative estimate of drug-likeness (QED) is 0.337. The first-order chi connectivity index (χ1) is 16.1. The van der Waals surface area contributed by atoms with Gasteiger partial charge in [-0.15, -0.1) is 0 Å². The second kappa shape index (κ2) is 7.59. The molecule has 0 heterocycles. The molecular weight excluding hydrogens is 436 g/mol. The van der Waals surface area contributed by atoms with Gasteiger partial charge < -0.3 is 14.9 Å². The van der Waals surface area contributed by atoms with Gasteiger partial charge in [0.25, 0.3) is 0 Å². The van der Waals surface area contributed by atoms with E-state index in [0.29, 0.717) is 11.8 Å². The SMILES string of the molecule is COC(=O)C12CCC(C)(C)C(O)C1C1=CCC3C4(C)CCC(O)C(C)(C)C4CCC3(C)C1(C)CC2. The highest BCUT2D eigenvalue weighted by molar-refractivity contribution is 5.79. The minimum Gasteiger partial charge on any atom is -0.469 e. The highest BCUT2D eigenvalue weighted by Gasteiger charge is 2.70. The van der Waals surface area contributed by atoms with E-state index in [1.807, 2.05) is 0 Å². The number of aliphatic hydroxyl groups excluding tert-OH is 2. The second-order valence-electron chi connectivity index (χ2n) is 15.2. The number of hydrogen-bond acceptors (Lipinski definition) is 4. The molecule has 0 bridgehead atoms. The van der Waals surface area contributed by atoms with E-state index in [1.54, 1.807) is 0 Å². The van der Waals surface area contributed by atoms with Gasteiger partial charge in [-0.05, 0) is 96.7 Å². The van der Waals surface area contributed by atoms with Crippen LogP contribution in [0.4, 0.5) is 0 Å². The molecule has 4 nitrogen and oxygen atoms in total. The topological polar surface area (TPSA) is 66.8 Å². The zero-order valence-corrected chi connectivity index (χ0v) is 23.5. The van der Waals surface area contributed by atoms with E-state index >= 15 is 0 Å². The predicted octanol–water partition coefficient (Wildman–Crippen LogP) is 6.29. The monoisotopic (exact) mass is 486 g/mol. The second-order valence-corrected chi connectivity index (χ2v) is 15.2. The summed E-state index contributed by atoms with van der Waals surface area (Å²) in [6.07, 6.45) is 10.4. The van der Waals surface area contributed by atoms with Crippen molar-refractivity contribution in [2.45, 2.75) is 118 Å². The molecule has 0 aromatic carbocycles. The number of hydrogen-bond donors (Lipinski definition) is 2. The molecule has 4 saturated carbocycles. The average molecular weight is 487 g/mol. The third-order valence-electron chi connectivity index (χ3n) is 13.4. The van der Waals surface area contributed by atoms with Crippen LogP contribution in [0.1, 0.15) is 106 Å². The first kappa shape index (κ1) is 25.8. The molecule has 0 aliphatic heterocycles. The minimum absolute atomic E-state index is 0.0410. The number of aliphatic hydroxyl groups is 2. The van der Waals surface area contributed by atoms with Crippen LogP contribution >= 0.6 is 0 Å². The molecule has 0 spiro atoms. The lowest BCUT2D eigenvalue weighted by atomic mass is 9.33. The number of carbonyl (C=O) groups is 1. The van der Waals surface area contributed by atoms with E-state index in [9.17, 15) is 15.0 Å². The molecule has 5 aliphatic rings. The number of allylic oxidation sites excluding steroid dienone is 1. The van der Waals surface area contributed by atoms with Crippen LogP contribution in [0.25, 0.3) is 0 Å². The molecule has 5 aliphatic carbocycles. The Labute approximate surface area is 213 Å². The standard InChI is InChI=1S/C31H50O4/c1-26(2)15-17-31(25(34)35-8)18-16-29(6)19(23(31)24(26)33)9-10-21-28(5)13-12-22(32)27(3,4)20(28)11-14-30(21,29)7/h9,20-24,32-33H,10-18H2,1-8H3.